The van der Waals surface area contributed by atoms with E-state index in [0.29, 0.717) is 41.3 Å². The number of benzene rings is 1. The van der Waals surface area contributed by atoms with Crippen LogP contribution in [0.25, 0.3) is 11.0 Å². The van der Waals surface area contributed by atoms with Crippen LogP contribution in [0.3, 0.4) is 0 Å². The molecule has 0 radical (unpaired) electrons. The fourth-order valence-electron chi connectivity index (χ4n) is 5.11. The van der Waals surface area contributed by atoms with Crippen LogP contribution in [-0.2, 0) is 11.3 Å². The highest BCUT2D eigenvalue weighted by atomic mass is 16.5. The highest BCUT2D eigenvalue weighted by molar-refractivity contribution is 6.07. The molecule has 0 bridgehead atoms. The number of pyridine rings is 1. The van der Waals surface area contributed by atoms with E-state index >= 15 is 0 Å². The third-order valence-electron chi connectivity index (χ3n) is 7.09. The molecule has 2 N–H and O–H groups in total. The smallest absolute Gasteiger partial charge is 0.254 e. The fourth-order valence-corrected chi connectivity index (χ4v) is 5.11. The van der Waals surface area contributed by atoms with Crippen molar-refractivity contribution < 1.29 is 9.53 Å². The number of fused-ring (bicyclic) bond motifs is 1. The molecule has 0 aliphatic carbocycles. The fraction of sp³-hybridized carbons (Fsp3) is 0.357. The summed E-state index contributed by atoms with van der Waals surface area (Å²) >= 11 is 0. The quantitative estimate of drug-likeness (QED) is 0.420. The number of carbonyl (C=O) groups is 1. The highest BCUT2D eigenvalue weighted by Gasteiger charge is 2.26. The predicted molar refractivity (Wildman–Crippen MR) is 143 cm³/mol. The van der Waals surface area contributed by atoms with Crippen LogP contribution in [0.5, 0.6) is 0 Å². The van der Waals surface area contributed by atoms with Crippen LogP contribution in [-0.4, -0.2) is 51.7 Å². The molecular weight excluding hydrogens is 468 g/mol. The number of rotatable bonds is 6. The highest BCUT2D eigenvalue weighted by Crippen LogP contribution is 2.31. The number of amides is 1. The normalized spacial score (nSPS) is 14.6. The second-order valence-electron chi connectivity index (χ2n) is 9.55. The maximum absolute atomic E-state index is 13.6. The maximum atomic E-state index is 13.6. The Morgan fingerprint density at radius 1 is 1.16 bits per heavy atom. The van der Waals surface area contributed by atoms with Gasteiger partial charge in [-0.2, -0.15) is 4.98 Å². The number of carbonyl (C=O) groups excluding carboxylic acids is 1. The van der Waals surface area contributed by atoms with Gasteiger partial charge in [0.05, 0.1) is 30.2 Å². The van der Waals surface area contributed by atoms with E-state index in [1.165, 1.54) is 0 Å². The molecule has 37 heavy (non-hydrogen) atoms. The van der Waals surface area contributed by atoms with Crippen molar-refractivity contribution in [3.63, 3.8) is 0 Å². The standard InChI is InChI=1S/C28H32N6O3/c1-17-14-18(2)31-26(35)22(17)15-29-27(36)24-20(4)34(19(3)21-8-6-5-7-9-21)25-23(24)16-30-28(32-25)33-10-12-37-13-11-33/h5-9,14,16,19H,10-13,15H2,1-4H3,(H,29,36)(H,31,35). The first kappa shape index (κ1) is 24.7. The number of morpholine rings is 1. The number of ether oxygens (including phenoxy) is 1. The summed E-state index contributed by atoms with van der Waals surface area (Å²) in [6, 6.07) is 12.0. The summed E-state index contributed by atoms with van der Waals surface area (Å²) in [5.41, 5.74) is 5.13. The Kier molecular flexibility index (Phi) is 6.80. The van der Waals surface area contributed by atoms with Gasteiger partial charge in [0.25, 0.3) is 11.5 Å². The number of anilines is 1. The van der Waals surface area contributed by atoms with E-state index < -0.39 is 0 Å². The number of nitrogens with one attached hydrogen (secondary N) is 2. The predicted octanol–water partition coefficient (Wildman–Crippen LogP) is 3.42. The number of nitrogens with zero attached hydrogens (tertiary/aromatic N) is 4. The molecule has 1 unspecified atom stereocenters. The molecule has 1 aromatic carbocycles. The van der Waals surface area contributed by atoms with Crippen molar-refractivity contribution in [1.82, 2.24) is 24.8 Å². The maximum Gasteiger partial charge on any atom is 0.254 e. The SMILES string of the molecule is Cc1cc(C)c(CNC(=O)c2c(C)n(C(C)c3ccccc3)c3nc(N4CCOCC4)ncc23)c(=O)[nH]1. The molecule has 9 nitrogen and oxygen atoms in total. The van der Waals surface area contributed by atoms with Crippen LogP contribution in [0.4, 0.5) is 5.95 Å². The van der Waals surface area contributed by atoms with Crippen molar-refractivity contribution in [1.29, 1.82) is 0 Å². The Morgan fingerprint density at radius 3 is 2.59 bits per heavy atom. The molecule has 1 atom stereocenters. The largest absolute Gasteiger partial charge is 0.378 e. The van der Waals surface area contributed by atoms with Gasteiger partial charge in [0.15, 0.2) is 0 Å². The summed E-state index contributed by atoms with van der Waals surface area (Å²) in [6.07, 6.45) is 1.74. The molecule has 9 heteroatoms. The van der Waals surface area contributed by atoms with Gasteiger partial charge in [0.2, 0.25) is 5.95 Å². The van der Waals surface area contributed by atoms with E-state index in [2.05, 4.69) is 43.8 Å². The molecule has 1 fully saturated rings. The summed E-state index contributed by atoms with van der Waals surface area (Å²) < 4.78 is 7.60. The monoisotopic (exact) mass is 500 g/mol. The van der Waals surface area contributed by atoms with Gasteiger partial charge in [-0.3, -0.25) is 9.59 Å². The minimum absolute atomic E-state index is 0.0557. The lowest BCUT2D eigenvalue weighted by molar-refractivity contribution is 0.0951. The van der Waals surface area contributed by atoms with Gasteiger partial charge >= 0.3 is 0 Å². The first-order valence-corrected chi connectivity index (χ1v) is 12.6. The van der Waals surface area contributed by atoms with Gasteiger partial charge in [-0.25, -0.2) is 4.98 Å². The topological polar surface area (TPSA) is 105 Å². The second-order valence-corrected chi connectivity index (χ2v) is 9.55. The van der Waals surface area contributed by atoms with Crippen molar-refractivity contribution in [2.75, 3.05) is 31.2 Å². The molecule has 5 rings (SSSR count). The van der Waals surface area contributed by atoms with Crippen molar-refractivity contribution in [3.05, 3.63) is 86.6 Å². The van der Waals surface area contributed by atoms with Gasteiger partial charge in [0, 0.05) is 42.8 Å². The third-order valence-corrected chi connectivity index (χ3v) is 7.09. The molecule has 4 heterocycles. The lowest BCUT2D eigenvalue weighted by atomic mass is 10.1. The minimum atomic E-state index is -0.261. The third kappa shape index (κ3) is 4.74. The zero-order valence-electron chi connectivity index (χ0n) is 21.7. The van der Waals surface area contributed by atoms with Crippen molar-refractivity contribution in [2.45, 2.75) is 40.3 Å². The van der Waals surface area contributed by atoms with Crippen LogP contribution in [0, 0.1) is 20.8 Å². The van der Waals surface area contributed by atoms with Gasteiger partial charge in [-0.15, -0.1) is 0 Å². The van der Waals surface area contributed by atoms with E-state index in [1.54, 1.807) is 6.20 Å². The van der Waals surface area contributed by atoms with Crippen LogP contribution in [0.15, 0.2) is 47.4 Å². The Bertz CT molecular complexity index is 1500. The Labute approximate surface area is 215 Å². The van der Waals surface area contributed by atoms with E-state index in [-0.39, 0.29) is 24.1 Å². The van der Waals surface area contributed by atoms with Crippen LogP contribution in [0.1, 0.15) is 51.4 Å². The number of hydrogen-bond acceptors (Lipinski definition) is 6. The van der Waals surface area contributed by atoms with Gasteiger partial charge in [-0.05, 0) is 44.9 Å². The average molecular weight is 501 g/mol. The van der Waals surface area contributed by atoms with Crippen LogP contribution in [0.2, 0.25) is 0 Å². The number of H-pyrrole nitrogens is 1. The number of aryl methyl sites for hydroxylation is 2. The average Bonchev–Trinajstić information content (AvgIpc) is 3.19. The molecule has 4 aromatic rings. The Balaban J connectivity index is 1.57. The van der Waals surface area contributed by atoms with Crippen LogP contribution >= 0.6 is 0 Å². The van der Waals surface area contributed by atoms with Gasteiger partial charge in [0.1, 0.15) is 5.65 Å². The molecule has 1 amide bonds. The van der Waals surface area contributed by atoms with Crippen molar-refractivity contribution in [2.24, 2.45) is 0 Å². The Hall–Kier alpha value is -3.98. The molecule has 192 valence electrons. The summed E-state index contributed by atoms with van der Waals surface area (Å²) in [4.78, 5) is 40.6. The molecule has 0 saturated carbocycles. The summed E-state index contributed by atoms with van der Waals surface area (Å²) in [7, 11) is 0. The van der Waals surface area contributed by atoms with E-state index in [4.69, 9.17) is 9.72 Å². The molecule has 1 aliphatic heterocycles. The number of aromatic nitrogens is 4. The zero-order valence-corrected chi connectivity index (χ0v) is 21.7. The van der Waals surface area contributed by atoms with Crippen LogP contribution < -0.4 is 15.8 Å². The van der Waals surface area contributed by atoms with Crippen molar-refractivity contribution >= 4 is 22.9 Å². The van der Waals surface area contributed by atoms with E-state index in [9.17, 15) is 9.59 Å². The summed E-state index contributed by atoms with van der Waals surface area (Å²) in [5.74, 6) is 0.368. The molecule has 0 spiro atoms. The van der Waals surface area contributed by atoms with Gasteiger partial charge in [-0.1, -0.05) is 30.3 Å². The molecular formula is C28H32N6O3. The first-order chi connectivity index (χ1) is 17.8. The second kappa shape index (κ2) is 10.2. The minimum Gasteiger partial charge on any atom is -0.378 e. The lowest BCUT2D eigenvalue weighted by Crippen LogP contribution is -2.37. The Morgan fingerprint density at radius 2 is 1.89 bits per heavy atom. The summed E-state index contributed by atoms with van der Waals surface area (Å²) in [5, 5.41) is 3.65. The number of aromatic amines is 1. The zero-order chi connectivity index (χ0) is 26.1. The van der Waals surface area contributed by atoms with E-state index in [1.807, 2.05) is 45.0 Å². The molecule has 3 aromatic heterocycles. The lowest BCUT2D eigenvalue weighted by Gasteiger charge is -2.27. The van der Waals surface area contributed by atoms with E-state index in [0.717, 1.165) is 35.6 Å². The summed E-state index contributed by atoms with van der Waals surface area (Å²) in [6.45, 7) is 10.6. The molecule has 1 saturated heterocycles. The number of hydrogen-bond donors (Lipinski definition) is 2. The van der Waals surface area contributed by atoms with Crippen molar-refractivity contribution in [3.8, 4) is 0 Å². The first-order valence-electron chi connectivity index (χ1n) is 12.6. The van der Waals surface area contributed by atoms with Gasteiger partial charge < -0.3 is 24.5 Å². The molecule has 1 aliphatic rings.